The normalized spacial score (nSPS) is 18.2. The van der Waals surface area contributed by atoms with Crippen molar-refractivity contribution in [2.45, 2.75) is 77.2 Å². The van der Waals surface area contributed by atoms with Crippen LogP contribution < -0.4 is 0 Å². The molecule has 9 nitrogen and oxygen atoms in total. The number of aryl methyl sites for hydroxylation is 1. The van der Waals surface area contributed by atoms with E-state index in [1.807, 2.05) is 25.3 Å². The maximum Gasteiger partial charge on any atom is 0.253 e. The van der Waals surface area contributed by atoms with Gasteiger partial charge in [0.2, 0.25) is 0 Å². The molecule has 50 heavy (non-hydrogen) atoms. The Morgan fingerprint density at radius 3 is 2.48 bits per heavy atom. The molecule has 2 atom stereocenters. The summed E-state index contributed by atoms with van der Waals surface area (Å²) >= 11 is 0. The number of likely N-dealkylation sites (tertiary alicyclic amines) is 1. The minimum atomic E-state index is -3.08. The molecule has 0 spiro atoms. The van der Waals surface area contributed by atoms with Crippen molar-refractivity contribution < 1.29 is 22.5 Å². The van der Waals surface area contributed by atoms with E-state index in [1.165, 1.54) is 17.8 Å². The third kappa shape index (κ3) is 7.44. The zero-order valence-electron chi connectivity index (χ0n) is 36.4. The van der Waals surface area contributed by atoms with Gasteiger partial charge < -0.3 is 23.5 Å². The number of pyridine rings is 1. The Hall–Kier alpha value is -3.83. The molecule has 2 aromatic carbocycles. The number of hydrogen-bond donors (Lipinski definition) is 0. The van der Waals surface area contributed by atoms with E-state index < -0.39 is 27.9 Å². The van der Waals surface area contributed by atoms with Gasteiger partial charge in [-0.05, 0) is 105 Å². The van der Waals surface area contributed by atoms with Gasteiger partial charge >= 0.3 is 0 Å². The van der Waals surface area contributed by atoms with Crippen LogP contribution in [0, 0.1) is 0 Å². The van der Waals surface area contributed by atoms with E-state index in [0.29, 0.717) is 13.3 Å². The van der Waals surface area contributed by atoms with Crippen LogP contribution >= 0.6 is 0 Å². The van der Waals surface area contributed by atoms with E-state index in [4.69, 9.17) is 27.7 Å². The Bertz CT molecular complexity index is 2150. The number of carbonyl (C=O) groups is 1. The number of rotatable bonds is 12. The summed E-state index contributed by atoms with van der Waals surface area (Å²) in [7, 11) is 2.55. The monoisotopic (exact) mass is 700 g/mol. The molecule has 1 fully saturated rings. The molecular formula is C40H54N6O3Si. The van der Waals surface area contributed by atoms with Gasteiger partial charge in [-0.3, -0.25) is 9.69 Å². The Kier molecular flexibility index (Phi) is 8.53. The molecule has 1 aliphatic rings. The van der Waals surface area contributed by atoms with Crippen molar-refractivity contribution >= 4 is 36.0 Å². The fourth-order valence-corrected chi connectivity index (χ4v) is 7.88. The number of aromatic nitrogens is 4. The lowest BCUT2D eigenvalue weighted by Gasteiger charge is -2.36. The molecular weight excluding hydrogens is 641 g/mol. The van der Waals surface area contributed by atoms with Gasteiger partial charge in [0.1, 0.15) is 24.3 Å². The highest BCUT2D eigenvalue weighted by Gasteiger charge is 2.27. The summed E-state index contributed by atoms with van der Waals surface area (Å²) in [5.74, 6) is 0.0578. The zero-order valence-corrected chi connectivity index (χ0v) is 31.4. The number of nitrogens with zero attached hydrogens (tertiary/aromatic N) is 6. The van der Waals surface area contributed by atoms with Crippen LogP contribution in [-0.2, 0) is 23.3 Å². The first-order valence-corrected chi connectivity index (χ1v) is 21.2. The van der Waals surface area contributed by atoms with Crippen molar-refractivity contribution in [2.75, 3.05) is 40.8 Å². The van der Waals surface area contributed by atoms with E-state index in [1.54, 1.807) is 7.11 Å². The minimum Gasteiger partial charge on any atom is -0.374 e. The van der Waals surface area contributed by atoms with Crippen LogP contribution in [0.5, 0.6) is 0 Å². The Labute approximate surface area is 306 Å². The van der Waals surface area contributed by atoms with Gasteiger partial charge in [0.25, 0.3) is 5.91 Å². The molecule has 0 N–H and O–H groups in total. The van der Waals surface area contributed by atoms with E-state index in [2.05, 4.69) is 78.0 Å². The van der Waals surface area contributed by atoms with Gasteiger partial charge in [-0.1, -0.05) is 37.8 Å². The number of benzene rings is 2. The number of ether oxygens (including phenoxy) is 2. The third-order valence-corrected chi connectivity index (χ3v) is 12.0. The van der Waals surface area contributed by atoms with Crippen molar-refractivity contribution in [3.8, 4) is 11.1 Å². The molecule has 4 heterocycles. The number of amides is 1. The van der Waals surface area contributed by atoms with Crippen LogP contribution in [0.2, 0.25) is 25.7 Å². The number of imidazole rings is 1. The van der Waals surface area contributed by atoms with Gasteiger partial charge in [-0.2, -0.15) is 0 Å². The summed E-state index contributed by atoms with van der Waals surface area (Å²) in [5.41, 5.74) is 7.25. The highest BCUT2D eigenvalue weighted by atomic mass is 28.3. The molecule has 0 radical (unpaired) electrons. The predicted molar refractivity (Wildman–Crippen MR) is 205 cm³/mol. The second-order valence-corrected chi connectivity index (χ2v) is 20.4. The molecule has 0 saturated carbocycles. The summed E-state index contributed by atoms with van der Waals surface area (Å²) in [6, 6.07) is 18.7. The third-order valence-electron chi connectivity index (χ3n) is 10.3. The van der Waals surface area contributed by atoms with E-state index >= 15 is 0 Å². The summed E-state index contributed by atoms with van der Waals surface area (Å²) in [4.78, 5) is 25.2. The molecule has 5 aromatic rings. The van der Waals surface area contributed by atoms with Crippen LogP contribution in [0.25, 0.3) is 33.2 Å². The first kappa shape index (κ1) is 28.8. The number of fused-ring (bicyclic) bond motifs is 2. The molecule has 1 amide bonds. The average Bonchev–Trinajstić information content (AvgIpc) is 3.68. The van der Waals surface area contributed by atoms with Crippen molar-refractivity contribution in [3.63, 3.8) is 0 Å². The molecule has 0 bridgehead atoms. The quantitative estimate of drug-likeness (QED) is 0.0964. The van der Waals surface area contributed by atoms with E-state index in [-0.39, 0.29) is 28.5 Å². The number of carbonyl (C=O) groups excluding carboxylic acids is 1. The SMILES string of the molecule is [2H]C([2H])([2H])N(C(=O)c1ccc(C2CCN([C@@H](C)c3cc4c(-c5ccc6nc([C@@H](C)OC)n(COCC[Si](C)(C)C)c6c5)ccnc4n3C)CC2)cc1)C([2H])([2H])[2H]. The lowest BCUT2D eigenvalue weighted by molar-refractivity contribution is 0.0689. The molecule has 6 rings (SSSR count). The highest BCUT2D eigenvalue weighted by Crippen LogP contribution is 2.37. The second kappa shape index (κ2) is 14.8. The highest BCUT2D eigenvalue weighted by molar-refractivity contribution is 6.76. The first-order chi connectivity index (χ1) is 26.3. The minimum absolute atomic E-state index is 0.00101. The maximum atomic E-state index is 12.9. The average molecular weight is 701 g/mol. The molecule has 1 aliphatic heterocycles. The van der Waals surface area contributed by atoms with Gasteiger partial charge in [0.05, 0.1) is 11.0 Å². The van der Waals surface area contributed by atoms with Crippen LogP contribution in [-0.4, -0.2) is 83.6 Å². The Balaban J connectivity index is 1.19. The maximum absolute atomic E-state index is 12.9. The van der Waals surface area contributed by atoms with Gasteiger partial charge in [0, 0.05) is 79.9 Å². The fraction of sp³-hybridized carbons (Fsp3) is 0.475. The molecule has 266 valence electrons. The lowest BCUT2D eigenvalue weighted by atomic mass is 9.88. The summed E-state index contributed by atoms with van der Waals surface area (Å²) < 4.78 is 61.8. The zero-order chi connectivity index (χ0) is 40.7. The fourth-order valence-electron chi connectivity index (χ4n) is 7.12. The predicted octanol–water partition coefficient (Wildman–Crippen LogP) is 8.25. The summed E-state index contributed by atoms with van der Waals surface area (Å²) in [6.07, 6.45) is 3.49. The van der Waals surface area contributed by atoms with Crippen LogP contribution in [0.15, 0.2) is 60.8 Å². The van der Waals surface area contributed by atoms with Crippen molar-refractivity contribution in [3.05, 3.63) is 83.4 Å². The molecule has 1 saturated heterocycles. The van der Waals surface area contributed by atoms with Crippen LogP contribution in [0.3, 0.4) is 0 Å². The number of hydrogen-bond acceptors (Lipinski definition) is 6. The molecule has 0 unspecified atom stereocenters. The first-order valence-electron chi connectivity index (χ1n) is 20.5. The Morgan fingerprint density at radius 2 is 1.80 bits per heavy atom. The van der Waals surface area contributed by atoms with E-state index in [0.717, 1.165) is 76.6 Å². The number of piperidine rings is 1. The summed E-state index contributed by atoms with van der Waals surface area (Å²) in [5, 5.41) is 1.08. The van der Waals surface area contributed by atoms with Crippen molar-refractivity contribution in [2.24, 2.45) is 7.05 Å². The topological polar surface area (TPSA) is 77.7 Å². The van der Waals surface area contributed by atoms with Crippen molar-refractivity contribution in [1.82, 2.24) is 28.9 Å². The standard InChI is InChI=1S/C40H54N6O3Si/c1-27(45-20-17-30(18-21-45)29-10-12-31(13-11-29)40(47)43(3)4)36-25-34-33(16-19-41-39(34)44(36)5)32-14-15-35-37(24-32)46(38(42-35)28(2)48-6)26-49-22-23-50(7,8)9/h10-16,19,24-25,27-28,30H,17-18,20-23,26H2,1-9H3/t27-,28+/m0/s1/i3D3,4D3. The molecule has 3 aromatic heterocycles. The molecule has 0 aliphatic carbocycles. The van der Waals surface area contributed by atoms with E-state index in [9.17, 15) is 4.79 Å². The second-order valence-electron chi connectivity index (χ2n) is 14.8. The summed E-state index contributed by atoms with van der Waals surface area (Å²) in [6.45, 7) is 7.99. The number of methoxy groups -OCH3 is 1. The Morgan fingerprint density at radius 1 is 1.06 bits per heavy atom. The smallest absolute Gasteiger partial charge is 0.253 e. The van der Waals surface area contributed by atoms with Gasteiger partial charge in [0.15, 0.2) is 0 Å². The van der Waals surface area contributed by atoms with Crippen LogP contribution in [0.4, 0.5) is 0 Å². The van der Waals surface area contributed by atoms with Crippen molar-refractivity contribution in [1.29, 1.82) is 0 Å². The van der Waals surface area contributed by atoms with Crippen LogP contribution in [0.1, 0.15) is 80.4 Å². The van der Waals surface area contributed by atoms with Gasteiger partial charge in [-0.25, -0.2) is 9.97 Å². The van der Waals surface area contributed by atoms with Gasteiger partial charge in [-0.15, -0.1) is 0 Å². The lowest BCUT2D eigenvalue weighted by Crippen LogP contribution is -2.35. The molecule has 10 heteroatoms. The largest absolute Gasteiger partial charge is 0.374 e.